The fourth-order valence-corrected chi connectivity index (χ4v) is 6.23. The number of rotatable bonds is 13. The van der Waals surface area contributed by atoms with E-state index in [1.807, 2.05) is 24.3 Å². The summed E-state index contributed by atoms with van der Waals surface area (Å²) < 4.78 is 22.4. The van der Waals surface area contributed by atoms with Crippen LogP contribution in [0.25, 0.3) is 11.1 Å². The van der Waals surface area contributed by atoms with Crippen LogP contribution in [-0.2, 0) is 35.0 Å². The first kappa shape index (κ1) is 32.2. The number of aryl methyl sites for hydroxylation is 1. The van der Waals surface area contributed by atoms with E-state index >= 15 is 0 Å². The molecular weight excluding hydrogens is 528 g/mol. The summed E-state index contributed by atoms with van der Waals surface area (Å²) in [5.41, 5.74) is 4.32. The first-order chi connectivity index (χ1) is 20.2. The fourth-order valence-electron chi connectivity index (χ4n) is 6.23. The molecular formula is C36H50O6. The lowest BCUT2D eigenvalue weighted by atomic mass is 9.78. The monoisotopic (exact) mass is 578 g/mol. The van der Waals surface area contributed by atoms with Gasteiger partial charge >= 0.3 is 11.9 Å². The van der Waals surface area contributed by atoms with Crippen molar-refractivity contribution in [1.82, 2.24) is 0 Å². The quantitative estimate of drug-likeness (QED) is 0.176. The number of hydrogen-bond donors (Lipinski definition) is 0. The molecule has 6 heteroatoms. The van der Waals surface area contributed by atoms with E-state index < -0.39 is 30.4 Å². The molecule has 42 heavy (non-hydrogen) atoms. The van der Waals surface area contributed by atoms with E-state index in [9.17, 15) is 9.59 Å². The molecule has 0 radical (unpaired) electrons. The van der Waals surface area contributed by atoms with Gasteiger partial charge in [0.25, 0.3) is 0 Å². The number of carbonyl (C=O) groups is 2. The van der Waals surface area contributed by atoms with Gasteiger partial charge in [-0.15, -0.1) is 0 Å². The van der Waals surface area contributed by atoms with Crippen molar-refractivity contribution in [3.05, 3.63) is 59.7 Å². The Bertz CT molecular complexity index is 1080. The zero-order valence-corrected chi connectivity index (χ0v) is 26.2. The number of esters is 2. The van der Waals surface area contributed by atoms with Crippen LogP contribution >= 0.6 is 0 Å². The minimum Gasteiger partial charge on any atom is -0.461 e. The summed E-state index contributed by atoms with van der Waals surface area (Å²) >= 11 is 0. The summed E-state index contributed by atoms with van der Waals surface area (Å²) in [4.78, 5) is 25.3. The molecule has 230 valence electrons. The summed E-state index contributed by atoms with van der Waals surface area (Å²) in [6.07, 6.45) is 9.69. The van der Waals surface area contributed by atoms with Crippen LogP contribution in [0.4, 0.5) is 0 Å². The molecule has 2 aromatic rings. The maximum atomic E-state index is 12.7. The first-order valence-electron chi connectivity index (χ1n) is 16.1. The summed E-state index contributed by atoms with van der Waals surface area (Å²) in [7, 11) is 0. The van der Waals surface area contributed by atoms with Gasteiger partial charge in [-0.25, -0.2) is 9.59 Å². The molecule has 1 saturated carbocycles. The normalized spacial score (nSPS) is 24.2. The summed E-state index contributed by atoms with van der Waals surface area (Å²) in [5.74, 6) is 0.669. The van der Waals surface area contributed by atoms with E-state index in [-0.39, 0.29) is 12.2 Å². The molecule has 0 aromatic heterocycles. The van der Waals surface area contributed by atoms with Crippen LogP contribution in [0, 0.1) is 11.8 Å². The van der Waals surface area contributed by atoms with Gasteiger partial charge in [-0.05, 0) is 69.1 Å². The largest absolute Gasteiger partial charge is 0.461 e. The lowest BCUT2D eigenvalue weighted by Gasteiger charge is -2.28. The predicted octanol–water partition coefficient (Wildman–Crippen LogP) is 8.36. The van der Waals surface area contributed by atoms with Gasteiger partial charge < -0.3 is 18.9 Å². The van der Waals surface area contributed by atoms with Crippen molar-refractivity contribution in [2.75, 3.05) is 0 Å². The van der Waals surface area contributed by atoms with E-state index in [0.29, 0.717) is 0 Å². The minimum absolute atomic E-state index is 0.340. The average Bonchev–Trinajstić information content (AvgIpc) is 3.42. The Morgan fingerprint density at radius 2 is 1.19 bits per heavy atom. The third kappa shape index (κ3) is 9.15. The Labute approximate surface area is 252 Å². The Kier molecular flexibility index (Phi) is 12.0. The second-order valence-corrected chi connectivity index (χ2v) is 12.7. The van der Waals surface area contributed by atoms with Gasteiger partial charge in [0.2, 0.25) is 0 Å². The average molecular weight is 579 g/mol. The Morgan fingerprint density at radius 3 is 1.67 bits per heavy atom. The van der Waals surface area contributed by atoms with E-state index in [1.165, 1.54) is 63.4 Å². The number of unbranched alkanes of at least 4 members (excludes halogenated alkanes) is 1. The van der Waals surface area contributed by atoms with Crippen LogP contribution in [0.1, 0.15) is 110 Å². The molecule has 0 bridgehead atoms. The number of ether oxygens (including phenoxy) is 4. The molecule has 2 aromatic carbocycles. The van der Waals surface area contributed by atoms with Crippen molar-refractivity contribution in [3.8, 4) is 11.1 Å². The molecule has 1 aliphatic carbocycles. The second kappa shape index (κ2) is 15.7. The van der Waals surface area contributed by atoms with E-state index in [2.05, 4.69) is 31.2 Å². The van der Waals surface area contributed by atoms with Crippen LogP contribution in [0.15, 0.2) is 48.5 Å². The Hall–Kier alpha value is -2.70. The standard InChI is InChI=1S/C36H50O6/c1-6-9-26-12-14-27(15-13-26)10-7-8-11-28-16-18-29(19-17-28)30-20-22-31(23-21-30)36-41-32(34(37)39-24(2)3)33(42-36)35(38)40-25(4)5/h16-27,32-33,36H,6-15H2,1-5H3. The van der Waals surface area contributed by atoms with Gasteiger partial charge in [-0.2, -0.15) is 0 Å². The van der Waals surface area contributed by atoms with Gasteiger partial charge in [0.15, 0.2) is 18.5 Å². The maximum Gasteiger partial charge on any atom is 0.339 e. The highest BCUT2D eigenvalue weighted by Gasteiger charge is 2.48. The van der Waals surface area contributed by atoms with E-state index in [1.54, 1.807) is 27.7 Å². The smallest absolute Gasteiger partial charge is 0.339 e. The Balaban J connectivity index is 1.28. The van der Waals surface area contributed by atoms with Gasteiger partial charge in [-0.1, -0.05) is 107 Å². The molecule has 2 unspecified atom stereocenters. The summed E-state index contributed by atoms with van der Waals surface area (Å²) in [6.45, 7) is 9.30. The lowest BCUT2D eigenvalue weighted by molar-refractivity contribution is -0.167. The molecule has 1 aliphatic heterocycles. The van der Waals surface area contributed by atoms with Crippen molar-refractivity contribution in [1.29, 1.82) is 0 Å². The van der Waals surface area contributed by atoms with Crippen molar-refractivity contribution in [3.63, 3.8) is 0 Å². The van der Waals surface area contributed by atoms with Gasteiger partial charge in [0, 0.05) is 5.56 Å². The Morgan fingerprint density at radius 1 is 0.714 bits per heavy atom. The van der Waals surface area contributed by atoms with Crippen molar-refractivity contribution < 1.29 is 28.5 Å². The number of hydrogen-bond acceptors (Lipinski definition) is 6. The molecule has 0 N–H and O–H groups in total. The van der Waals surface area contributed by atoms with Crippen molar-refractivity contribution in [2.24, 2.45) is 11.8 Å². The highest BCUT2D eigenvalue weighted by molar-refractivity contribution is 5.86. The molecule has 2 atom stereocenters. The zero-order chi connectivity index (χ0) is 30.1. The van der Waals surface area contributed by atoms with Gasteiger partial charge in [0.05, 0.1) is 12.2 Å². The zero-order valence-electron chi connectivity index (χ0n) is 26.2. The highest BCUT2D eigenvalue weighted by atomic mass is 16.8. The molecule has 2 aliphatic rings. The third-order valence-corrected chi connectivity index (χ3v) is 8.44. The SMILES string of the molecule is CCCC1CCC(CCCCc2ccc(-c3ccc(C4OC(C(=O)OC(C)C)C(C(=O)OC(C)C)O4)cc3)cc2)CC1. The molecule has 0 amide bonds. The van der Waals surface area contributed by atoms with E-state index in [4.69, 9.17) is 18.9 Å². The summed E-state index contributed by atoms with van der Waals surface area (Å²) in [5, 5.41) is 0. The number of carbonyl (C=O) groups excluding carboxylic acids is 2. The first-order valence-corrected chi connectivity index (χ1v) is 16.1. The van der Waals surface area contributed by atoms with Crippen molar-refractivity contribution in [2.45, 2.75) is 130 Å². The molecule has 6 nitrogen and oxygen atoms in total. The topological polar surface area (TPSA) is 71.1 Å². The molecule has 1 saturated heterocycles. The lowest BCUT2D eigenvalue weighted by Crippen LogP contribution is -2.40. The summed E-state index contributed by atoms with van der Waals surface area (Å²) in [6, 6.07) is 16.7. The van der Waals surface area contributed by atoms with Crippen LogP contribution in [0.3, 0.4) is 0 Å². The molecule has 0 spiro atoms. The maximum absolute atomic E-state index is 12.7. The number of benzene rings is 2. The molecule has 1 heterocycles. The second-order valence-electron chi connectivity index (χ2n) is 12.7. The van der Waals surface area contributed by atoms with Crippen LogP contribution in [0.5, 0.6) is 0 Å². The predicted molar refractivity (Wildman–Crippen MR) is 165 cm³/mol. The van der Waals surface area contributed by atoms with Gasteiger partial charge in [-0.3, -0.25) is 0 Å². The van der Waals surface area contributed by atoms with Gasteiger partial charge in [0.1, 0.15) is 0 Å². The molecule has 4 rings (SSSR count). The molecule has 2 fully saturated rings. The van der Waals surface area contributed by atoms with Crippen molar-refractivity contribution >= 4 is 11.9 Å². The van der Waals surface area contributed by atoms with E-state index in [0.717, 1.165) is 34.9 Å². The fraction of sp³-hybridized carbons (Fsp3) is 0.611. The van der Waals surface area contributed by atoms with Crippen LogP contribution < -0.4 is 0 Å². The van der Waals surface area contributed by atoms with Crippen LogP contribution in [-0.4, -0.2) is 36.4 Å². The third-order valence-electron chi connectivity index (χ3n) is 8.44. The van der Waals surface area contributed by atoms with Crippen LogP contribution in [0.2, 0.25) is 0 Å². The highest BCUT2D eigenvalue weighted by Crippen LogP contribution is 2.35. The minimum atomic E-state index is -1.18.